The SMILES string of the molecule is C[C@@H](c1nnnn1-c1ccccc1)N1CCCN(c2nc3ccccc3[nH]2)CC1. The molecule has 0 bridgehead atoms. The fraction of sp³-hybridized carbons (Fsp3) is 0.333. The van der Waals surface area contributed by atoms with E-state index in [4.69, 9.17) is 4.98 Å². The monoisotopic (exact) mass is 388 g/mol. The molecule has 1 atom stereocenters. The topological polar surface area (TPSA) is 78.8 Å². The van der Waals surface area contributed by atoms with E-state index in [2.05, 4.69) is 43.3 Å². The van der Waals surface area contributed by atoms with Crippen molar-refractivity contribution >= 4 is 17.0 Å². The first-order valence-electron chi connectivity index (χ1n) is 10.1. The molecule has 8 nitrogen and oxygen atoms in total. The molecule has 1 fully saturated rings. The number of rotatable bonds is 4. The minimum Gasteiger partial charge on any atom is -0.341 e. The number of hydrogen-bond acceptors (Lipinski definition) is 6. The molecule has 5 rings (SSSR count). The predicted molar refractivity (Wildman–Crippen MR) is 112 cm³/mol. The lowest BCUT2D eigenvalue weighted by Crippen LogP contribution is -2.34. The van der Waals surface area contributed by atoms with Crippen LogP contribution in [0.2, 0.25) is 0 Å². The average molecular weight is 388 g/mol. The van der Waals surface area contributed by atoms with Gasteiger partial charge in [-0.2, -0.15) is 4.68 Å². The fourth-order valence-electron chi connectivity index (χ4n) is 4.00. The highest BCUT2D eigenvalue weighted by atomic mass is 15.6. The zero-order valence-electron chi connectivity index (χ0n) is 16.4. The summed E-state index contributed by atoms with van der Waals surface area (Å²) in [5.41, 5.74) is 3.08. The van der Waals surface area contributed by atoms with E-state index in [1.54, 1.807) is 0 Å². The summed E-state index contributed by atoms with van der Waals surface area (Å²) in [7, 11) is 0. The van der Waals surface area contributed by atoms with Crippen LogP contribution in [-0.4, -0.2) is 61.3 Å². The summed E-state index contributed by atoms with van der Waals surface area (Å²) in [4.78, 5) is 13.0. The number of aromatic nitrogens is 6. The third-order valence-corrected chi connectivity index (χ3v) is 5.62. The Balaban J connectivity index is 1.33. The Morgan fingerprint density at radius 2 is 1.76 bits per heavy atom. The van der Waals surface area contributed by atoms with Crippen LogP contribution in [0.1, 0.15) is 25.2 Å². The summed E-state index contributed by atoms with van der Waals surface area (Å²) in [6, 6.07) is 18.4. The summed E-state index contributed by atoms with van der Waals surface area (Å²) in [6.45, 7) is 6.01. The van der Waals surface area contributed by atoms with Crippen molar-refractivity contribution in [2.45, 2.75) is 19.4 Å². The summed E-state index contributed by atoms with van der Waals surface area (Å²) < 4.78 is 1.84. The van der Waals surface area contributed by atoms with Crippen LogP contribution in [0.5, 0.6) is 0 Å². The molecule has 2 aromatic heterocycles. The molecule has 4 aromatic rings. The Hall–Kier alpha value is -3.26. The van der Waals surface area contributed by atoms with Gasteiger partial charge in [0.15, 0.2) is 5.82 Å². The Morgan fingerprint density at radius 3 is 2.62 bits per heavy atom. The number of hydrogen-bond donors (Lipinski definition) is 1. The summed E-state index contributed by atoms with van der Waals surface area (Å²) in [5.74, 6) is 1.82. The van der Waals surface area contributed by atoms with Crippen LogP contribution in [-0.2, 0) is 0 Å². The van der Waals surface area contributed by atoms with Crippen molar-refractivity contribution in [1.29, 1.82) is 0 Å². The molecule has 1 N–H and O–H groups in total. The van der Waals surface area contributed by atoms with E-state index in [9.17, 15) is 0 Å². The van der Waals surface area contributed by atoms with Gasteiger partial charge in [0, 0.05) is 26.2 Å². The highest BCUT2D eigenvalue weighted by Crippen LogP contribution is 2.23. The maximum Gasteiger partial charge on any atom is 0.203 e. The van der Waals surface area contributed by atoms with Gasteiger partial charge in [-0.3, -0.25) is 4.90 Å². The fourth-order valence-corrected chi connectivity index (χ4v) is 4.00. The first kappa shape index (κ1) is 17.8. The van der Waals surface area contributed by atoms with E-state index in [-0.39, 0.29) is 6.04 Å². The summed E-state index contributed by atoms with van der Waals surface area (Å²) in [5, 5.41) is 12.5. The van der Waals surface area contributed by atoms with Crippen LogP contribution in [0.25, 0.3) is 16.7 Å². The van der Waals surface area contributed by atoms with Crippen molar-refractivity contribution in [3.8, 4) is 5.69 Å². The van der Waals surface area contributed by atoms with Gasteiger partial charge in [-0.05, 0) is 48.0 Å². The summed E-state index contributed by atoms with van der Waals surface area (Å²) >= 11 is 0. The number of nitrogens with one attached hydrogen (secondary N) is 1. The Morgan fingerprint density at radius 1 is 0.931 bits per heavy atom. The molecule has 2 aromatic carbocycles. The molecule has 0 aliphatic carbocycles. The van der Waals surface area contributed by atoms with Crippen LogP contribution in [0, 0.1) is 0 Å². The van der Waals surface area contributed by atoms with Crippen molar-refractivity contribution in [3.63, 3.8) is 0 Å². The lowest BCUT2D eigenvalue weighted by Gasteiger charge is -2.26. The van der Waals surface area contributed by atoms with Crippen molar-refractivity contribution in [2.75, 3.05) is 31.1 Å². The van der Waals surface area contributed by atoms with Crippen LogP contribution in [0.15, 0.2) is 54.6 Å². The van der Waals surface area contributed by atoms with Crippen LogP contribution in [0.4, 0.5) is 5.95 Å². The Labute approximate surface area is 169 Å². The van der Waals surface area contributed by atoms with Crippen molar-refractivity contribution < 1.29 is 0 Å². The number of tetrazole rings is 1. The van der Waals surface area contributed by atoms with Gasteiger partial charge < -0.3 is 9.88 Å². The normalized spacial score (nSPS) is 16.8. The van der Waals surface area contributed by atoms with Crippen molar-refractivity contribution in [1.82, 2.24) is 35.1 Å². The molecular formula is C21H24N8. The molecule has 0 saturated carbocycles. The van der Waals surface area contributed by atoms with Gasteiger partial charge >= 0.3 is 0 Å². The Bertz CT molecular complexity index is 1050. The average Bonchev–Trinajstić information content (AvgIpc) is 3.35. The summed E-state index contributed by atoms with van der Waals surface area (Å²) in [6.07, 6.45) is 1.06. The number of benzene rings is 2. The molecule has 0 unspecified atom stereocenters. The van der Waals surface area contributed by atoms with E-state index in [0.717, 1.165) is 61.1 Å². The highest BCUT2D eigenvalue weighted by Gasteiger charge is 2.25. The number of fused-ring (bicyclic) bond motifs is 1. The molecule has 29 heavy (non-hydrogen) atoms. The number of aromatic amines is 1. The Kier molecular flexibility index (Phi) is 4.69. The van der Waals surface area contributed by atoms with E-state index >= 15 is 0 Å². The number of H-pyrrole nitrogens is 1. The third kappa shape index (κ3) is 3.47. The van der Waals surface area contributed by atoms with Gasteiger partial charge in [-0.1, -0.05) is 30.3 Å². The van der Waals surface area contributed by atoms with Gasteiger partial charge in [-0.25, -0.2) is 4.98 Å². The van der Waals surface area contributed by atoms with Crippen LogP contribution >= 0.6 is 0 Å². The molecule has 0 radical (unpaired) electrons. The molecule has 3 heterocycles. The van der Waals surface area contributed by atoms with Gasteiger partial charge in [0.2, 0.25) is 5.95 Å². The number of nitrogens with zero attached hydrogens (tertiary/aromatic N) is 7. The minimum absolute atomic E-state index is 0.126. The number of imidazole rings is 1. The first-order valence-corrected chi connectivity index (χ1v) is 10.1. The van der Waals surface area contributed by atoms with Crippen molar-refractivity contribution in [2.24, 2.45) is 0 Å². The van der Waals surface area contributed by atoms with Gasteiger partial charge in [-0.15, -0.1) is 5.10 Å². The van der Waals surface area contributed by atoms with Crippen LogP contribution < -0.4 is 4.90 Å². The molecule has 148 valence electrons. The van der Waals surface area contributed by atoms with Gasteiger partial charge in [0.25, 0.3) is 0 Å². The first-order chi connectivity index (χ1) is 14.3. The number of anilines is 1. The lowest BCUT2D eigenvalue weighted by molar-refractivity contribution is 0.215. The van der Waals surface area contributed by atoms with Gasteiger partial charge in [0.05, 0.1) is 22.8 Å². The van der Waals surface area contributed by atoms with E-state index in [1.807, 2.05) is 53.2 Å². The van der Waals surface area contributed by atoms with Crippen LogP contribution in [0.3, 0.4) is 0 Å². The maximum absolute atomic E-state index is 4.77. The smallest absolute Gasteiger partial charge is 0.203 e. The molecule has 1 aliphatic rings. The molecule has 1 saturated heterocycles. The second kappa shape index (κ2) is 7.63. The number of para-hydroxylation sites is 3. The van der Waals surface area contributed by atoms with Gasteiger partial charge in [0.1, 0.15) is 0 Å². The maximum atomic E-state index is 4.77. The lowest BCUT2D eigenvalue weighted by atomic mass is 10.2. The zero-order chi connectivity index (χ0) is 19.6. The molecule has 0 amide bonds. The minimum atomic E-state index is 0.126. The molecular weight excluding hydrogens is 364 g/mol. The molecule has 1 aliphatic heterocycles. The predicted octanol–water partition coefficient (Wildman–Crippen LogP) is 2.81. The largest absolute Gasteiger partial charge is 0.341 e. The second-order valence-corrected chi connectivity index (χ2v) is 7.41. The zero-order valence-corrected chi connectivity index (χ0v) is 16.4. The molecule has 0 spiro atoms. The molecule has 8 heteroatoms. The third-order valence-electron chi connectivity index (χ3n) is 5.62. The highest BCUT2D eigenvalue weighted by molar-refractivity contribution is 5.77. The standard InChI is InChI=1S/C21H24N8/c1-16(20-24-25-26-29(20)17-8-3-2-4-9-17)27-12-7-13-28(15-14-27)21-22-18-10-5-6-11-19(18)23-21/h2-6,8-11,16H,7,12-15H2,1H3,(H,22,23)/t16-/m0/s1. The van der Waals surface area contributed by atoms with E-state index in [0.29, 0.717) is 0 Å². The quantitative estimate of drug-likeness (QED) is 0.579. The van der Waals surface area contributed by atoms with E-state index < -0.39 is 0 Å². The van der Waals surface area contributed by atoms with Crippen molar-refractivity contribution in [3.05, 3.63) is 60.4 Å². The van der Waals surface area contributed by atoms with E-state index in [1.165, 1.54) is 0 Å². The second-order valence-electron chi connectivity index (χ2n) is 7.41.